The van der Waals surface area contributed by atoms with Gasteiger partial charge in [0.05, 0.1) is 0 Å². The van der Waals surface area contributed by atoms with Gasteiger partial charge in [-0.25, -0.2) is 4.98 Å². The Morgan fingerprint density at radius 1 is 1.33 bits per heavy atom. The van der Waals surface area contributed by atoms with Crippen LogP contribution < -0.4 is 10.5 Å². The Balaban J connectivity index is 1.88. The molecule has 18 heavy (non-hydrogen) atoms. The van der Waals surface area contributed by atoms with Crippen LogP contribution in [-0.2, 0) is 0 Å². The topological polar surface area (TPSA) is 64.3 Å². The maximum atomic E-state index is 5.77. The summed E-state index contributed by atoms with van der Waals surface area (Å²) >= 11 is 0. The smallest absolute Gasteiger partial charge is 0.218 e. The van der Waals surface area contributed by atoms with Crippen LogP contribution in [0.25, 0.3) is 0 Å². The van der Waals surface area contributed by atoms with Crippen molar-refractivity contribution in [1.29, 1.82) is 0 Å². The first-order valence-corrected chi connectivity index (χ1v) is 6.72. The Labute approximate surface area is 108 Å². The number of nitrogens with two attached hydrogens (primary N) is 1. The molecule has 1 saturated carbocycles. The maximum absolute atomic E-state index is 5.77. The fraction of sp³-hybridized carbons (Fsp3) is 0.692. The van der Waals surface area contributed by atoms with Gasteiger partial charge >= 0.3 is 0 Å². The number of nitrogens with zero attached hydrogens (tertiary/aromatic N) is 3. The molecule has 0 aliphatic heterocycles. The molecule has 0 saturated heterocycles. The van der Waals surface area contributed by atoms with E-state index in [2.05, 4.69) is 28.7 Å². The van der Waals surface area contributed by atoms with Crippen molar-refractivity contribution in [2.45, 2.75) is 32.6 Å². The standard InChI is InChI=1S/C13H22N4O/c1-3-17(4-2)7-8-18-12-9-11(14)15-13(16-12)10-5-6-10/h9-10H,3-8H2,1-2H3,(H2,14,15,16). The van der Waals surface area contributed by atoms with Crippen molar-refractivity contribution in [2.24, 2.45) is 0 Å². The molecule has 5 nitrogen and oxygen atoms in total. The van der Waals surface area contributed by atoms with Crippen LogP contribution in [0.1, 0.15) is 38.4 Å². The maximum Gasteiger partial charge on any atom is 0.218 e. The summed E-state index contributed by atoms with van der Waals surface area (Å²) in [7, 11) is 0. The van der Waals surface area contributed by atoms with E-state index in [1.807, 2.05) is 0 Å². The Hall–Kier alpha value is -1.36. The zero-order valence-electron chi connectivity index (χ0n) is 11.2. The van der Waals surface area contributed by atoms with Crippen molar-refractivity contribution in [1.82, 2.24) is 14.9 Å². The molecule has 2 N–H and O–H groups in total. The molecule has 0 atom stereocenters. The Morgan fingerprint density at radius 2 is 2.06 bits per heavy atom. The average Bonchev–Trinajstić information content (AvgIpc) is 3.18. The van der Waals surface area contributed by atoms with Crippen LogP contribution >= 0.6 is 0 Å². The minimum atomic E-state index is 0.499. The number of aromatic nitrogens is 2. The largest absolute Gasteiger partial charge is 0.476 e. The van der Waals surface area contributed by atoms with Crippen molar-refractivity contribution in [3.05, 3.63) is 11.9 Å². The highest BCUT2D eigenvalue weighted by molar-refractivity contribution is 5.34. The fourth-order valence-electron chi connectivity index (χ4n) is 1.88. The SMILES string of the molecule is CCN(CC)CCOc1cc(N)nc(C2CC2)n1. The van der Waals surface area contributed by atoms with E-state index in [1.54, 1.807) is 6.07 Å². The normalized spacial score (nSPS) is 15.1. The molecule has 1 aliphatic carbocycles. The van der Waals surface area contributed by atoms with Crippen LogP contribution in [-0.4, -0.2) is 41.1 Å². The number of hydrogen-bond donors (Lipinski definition) is 1. The van der Waals surface area contributed by atoms with Crippen molar-refractivity contribution in [3.8, 4) is 5.88 Å². The second kappa shape index (κ2) is 6.00. The third-order valence-corrected chi connectivity index (χ3v) is 3.23. The molecule has 0 unspecified atom stereocenters. The highest BCUT2D eigenvalue weighted by atomic mass is 16.5. The molecule has 2 rings (SSSR count). The van der Waals surface area contributed by atoms with Gasteiger partial charge in [-0.05, 0) is 25.9 Å². The number of nitrogen functional groups attached to an aromatic ring is 1. The zero-order valence-corrected chi connectivity index (χ0v) is 11.2. The van der Waals surface area contributed by atoms with Gasteiger partial charge < -0.3 is 15.4 Å². The van der Waals surface area contributed by atoms with Gasteiger partial charge in [0.15, 0.2) is 0 Å². The van der Waals surface area contributed by atoms with E-state index < -0.39 is 0 Å². The lowest BCUT2D eigenvalue weighted by molar-refractivity contribution is 0.217. The molecule has 5 heteroatoms. The van der Waals surface area contributed by atoms with Crippen LogP contribution in [0.3, 0.4) is 0 Å². The van der Waals surface area contributed by atoms with E-state index in [9.17, 15) is 0 Å². The van der Waals surface area contributed by atoms with E-state index in [0.717, 1.165) is 25.5 Å². The summed E-state index contributed by atoms with van der Waals surface area (Å²) in [5.41, 5.74) is 5.77. The van der Waals surface area contributed by atoms with E-state index >= 15 is 0 Å². The summed E-state index contributed by atoms with van der Waals surface area (Å²) in [6.07, 6.45) is 2.34. The molecular weight excluding hydrogens is 228 g/mol. The molecule has 1 heterocycles. The van der Waals surface area contributed by atoms with E-state index in [4.69, 9.17) is 10.5 Å². The Morgan fingerprint density at radius 3 is 2.67 bits per heavy atom. The van der Waals surface area contributed by atoms with Crippen LogP contribution in [0.2, 0.25) is 0 Å². The van der Waals surface area contributed by atoms with Gasteiger partial charge in [0.1, 0.15) is 18.2 Å². The van der Waals surface area contributed by atoms with Gasteiger partial charge in [0.25, 0.3) is 0 Å². The monoisotopic (exact) mass is 250 g/mol. The highest BCUT2D eigenvalue weighted by Gasteiger charge is 2.27. The number of rotatable bonds is 7. The highest BCUT2D eigenvalue weighted by Crippen LogP contribution is 2.38. The van der Waals surface area contributed by atoms with Crippen molar-refractivity contribution < 1.29 is 4.74 Å². The van der Waals surface area contributed by atoms with Crippen molar-refractivity contribution in [2.75, 3.05) is 32.0 Å². The summed E-state index contributed by atoms with van der Waals surface area (Å²) in [5.74, 6) is 2.45. The van der Waals surface area contributed by atoms with E-state index in [-0.39, 0.29) is 0 Å². The summed E-state index contributed by atoms with van der Waals surface area (Å²) in [5, 5.41) is 0. The lowest BCUT2D eigenvalue weighted by Crippen LogP contribution is -2.28. The summed E-state index contributed by atoms with van der Waals surface area (Å²) in [4.78, 5) is 11.0. The number of likely N-dealkylation sites (N-methyl/N-ethyl adjacent to an activating group) is 1. The zero-order chi connectivity index (χ0) is 13.0. The Bertz CT molecular complexity index is 389. The van der Waals surface area contributed by atoms with Crippen LogP contribution in [0.15, 0.2) is 6.07 Å². The van der Waals surface area contributed by atoms with Crippen LogP contribution in [0, 0.1) is 0 Å². The van der Waals surface area contributed by atoms with Gasteiger partial charge in [0, 0.05) is 18.5 Å². The third kappa shape index (κ3) is 3.57. The molecular formula is C13H22N4O. The van der Waals surface area contributed by atoms with Crippen LogP contribution in [0.4, 0.5) is 5.82 Å². The molecule has 0 spiro atoms. The number of anilines is 1. The quantitative estimate of drug-likeness (QED) is 0.797. The predicted molar refractivity (Wildman–Crippen MR) is 71.7 cm³/mol. The molecule has 0 bridgehead atoms. The van der Waals surface area contributed by atoms with Gasteiger partial charge in [-0.3, -0.25) is 0 Å². The number of hydrogen-bond acceptors (Lipinski definition) is 5. The molecule has 100 valence electrons. The summed E-state index contributed by atoms with van der Waals surface area (Å²) < 4.78 is 5.67. The summed E-state index contributed by atoms with van der Waals surface area (Å²) in [6, 6.07) is 1.70. The lowest BCUT2D eigenvalue weighted by atomic mass is 10.4. The van der Waals surface area contributed by atoms with E-state index in [0.29, 0.717) is 24.2 Å². The first-order valence-electron chi connectivity index (χ1n) is 6.72. The van der Waals surface area contributed by atoms with Gasteiger partial charge in [-0.1, -0.05) is 13.8 Å². The Kier molecular flexibility index (Phi) is 4.36. The first kappa shape index (κ1) is 13.1. The average molecular weight is 250 g/mol. The third-order valence-electron chi connectivity index (χ3n) is 3.23. The van der Waals surface area contributed by atoms with Crippen molar-refractivity contribution >= 4 is 5.82 Å². The molecule has 0 aromatic carbocycles. The number of ether oxygens (including phenoxy) is 1. The van der Waals surface area contributed by atoms with Gasteiger partial charge in [-0.2, -0.15) is 4.98 Å². The van der Waals surface area contributed by atoms with Gasteiger partial charge in [0.2, 0.25) is 5.88 Å². The molecule has 1 aliphatic rings. The molecule has 1 aromatic rings. The minimum Gasteiger partial charge on any atom is -0.476 e. The van der Waals surface area contributed by atoms with E-state index in [1.165, 1.54) is 12.8 Å². The lowest BCUT2D eigenvalue weighted by Gasteiger charge is -2.17. The minimum absolute atomic E-state index is 0.499. The van der Waals surface area contributed by atoms with Crippen molar-refractivity contribution in [3.63, 3.8) is 0 Å². The second-order valence-corrected chi connectivity index (χ2v) is 4.64. The molecule has 0 amide bonds. The molecule has 1 fully saturated rings. The predicted octanol–water partition coefficient (Wildman–Crippen LogP) is 1.66. The second-order valence-electron chi connectivity index (χ2n) is 4.64. The van der Waals surface area contributed by atoms with Gasteiger partial charge in [-0.15, -0.1) is 0 Å². The molecule has 1 aromatic heterocycles. The summed E-state index contributed by atoms with van der Waals surface area (Å²) in [6.45, 7) is 7.94. The molecule has 0 radical (unpaired) electrons. The first-order chi connectivity index (χ1) is 8.72. The van der Waals surface area contributed by atoms with Crippen LogP contribution in [0.5, 0.6) is 5.88 Å². The fourth-order valence-corrected chi connectivity index (χ4v) is 1.88.